The number of rotatable bonds is 6. The Morgan fingerprint density at radius 2 is 1.75 bits per heavy atom. The van der Waals surface area contributed by atoms with E-state index in [-0.39, 0.29) is 23.8 Å². The number of nitrogens with zero attached hydrogens (tertiary/aromatic N) is 2. The number of benzene rings is 2. The van der Waals surface area contributed by atoms with Crippen molar-refractivity contribution in [1.82, 2.24) is 9.78 Å². The quantitative estimate of drug-likeness (QED) is 0.590. The van der Waals surface area contributed by atoms with Crippen molar-refractivity contribution in [1.29, 1.82) is 0 Å². The molecule has 1 aromatic heterocycles. The fourth-order valence-corrected chi connectivity index (χ4v) is 3.05. The third-order valence-electron chi connectivity index (χ3n) is 4.30. The number of carbonyl (C=O) groups is 1. The van der Waals surface area contributed by atoms with Gasteiger partial charge in [0, 0.05) is 16.7 Å². The molecular weight excluding hydrogens is 380 g/mol. The highest BCUT2D eigenvalue weighted by atomic mass is 35.5. The van der Waals surface area contributed by atoms with E-state index in [0.29, 0.717) is 21.7 Å². The van der Waals surface area contributed by atoms with E-state index in [0.717, 1.165) is 11.3 Å². The number of aromatic nitrogens is 2. The molecule has 0 saturated heterocycles. The molecule has 3 rings (SSSR count). The first-order valence-electron chi connectivity index (χ1n) is 8.53. The Kier molecular flexibility index (Phi) is 5.80. The summed E-state index contributed by atoms with van der Waals surface area (Å²) in [6.07, 6.45) is 0. The molecule has 0 aliphatic heterocycles. The van der Waals surface area contributed by atoms with E-state index in [1.54, 1.807) is 25.3 Å². The van der Waals surface area contributed by atoms with Gasteiger partial charge in [0.05, 0.1) is 26.3 Å². The topological polar surface area (TPSA) is 70.4 Å². The highest BCUT2D eigenvalue weighted by Crippen LogP contribution is 2.32. The van der Waals surface area contributed by atoms with E-state index in [2.05, 4.69) is 5.10 Å². The van der Waals surface area contributed by atoms with Crippen molar-refractivity contribution in [2.24, 2.45) is 0 Å². The molecular formula is C21H19ClN2O4. The number of carbonyl (C=O) groups excluding carboxylic acids is 1. The molecule has 0 bridgehead atoms. The maximum absolute atomic E-state index is 12.7. The second-order valence-corrected chi connectivity index (χ2v) is 6.59. The van der Waals surface area contributed by atoms with E-state index in [1.807, 2.05) is 24.3 Å². The Morgan fingerprint density at radius 3 is 2.36 bits per heavy atom. The zero-order valence-corrected chi connectivity index (χ0v) is 16.5. The van der Waals surface area contributed by atoms with E-state index < -0.39 is 0 Å². The molecule has 0 N–H and O–H groups in total. The van der Waals surface area contributed by atoms with Crippen molar-refractivity contribution >= 4 is 17.4 Å². The van der Waals surface area contributed by atoms with Gasteiger partial charge in [-0.3, -0.25) is 9.59 Å². The molecule has 0 aliphatic carbocycles. The van der Waals surface area contributed by atoms with Crippen molar-refractivity contribution in [3.63, 3.8) is 0 Å². The van der Waals surface area contributed by atoms with Gasteiger partial charge in [-0.25, -0.2) is 4.68 Å². The van der Waals surface area contributed by atoms with Crippen molar-refractivity contribution in [3.05, 3.63) is 75.0 Å². The zero-order valence-electron chi connectivity index (χ0n) is 15.7. The zero-order chi connectivity index (χ0) is 20.3. The first kappa shape index (κ1) is 19.6. The molecule has 144 valence electrons. The van der Waals surface area contributed by atoms with E-state index in [9.17, 15) is 9.59 Å². The lowest BCUT2D eigenvalue weighted by atomic mass is 9.98. The molecule has 0 unspecified atom stereocenters. The minimum atomic E-state index is -0.318. The summed E-state index contributed by atoms with van der Waals surface area (Å²) >= 11 is 6.10. The van der Waals surface area contributed by atoms with E-state index >= 15 is 0 Å². The van der Waals surface area contributed by atoms with Crippen LogP contribution in [0.15, 0.2) is 53.3 Å². The maximum atomic E-state index is 12.7. The average Bonchev–Trinajstić information content (AvgIpc) is 2.69. The van der Waals surface area contributed by atoms with Crippen LogP contribution in [0, 0.1) is 0 Å². The van der Waals surface area contributed by atoms with Gasteiger partial charge in [0.1, 0.15) is 5.75 Å². The van der Waals surface area contributed by atoms with Crippen LogP contribution in [-0.4, -0.2) is 29.8 Å². The molecule has 0 spiro atoms. The van der Waals surface area contributed by atoms with Crippen molar-refractivity contribution in [2.75, 3.05) is 14.2 Å². The summed E-state index contributed by atoms with van der Waals surface area (Å²) in [5.41, 5.74) is 1.94. The summed E-state index contributed by atoms with van der Waals surface area (Å²) in [7, 11) is 3.06. The third-order valence-corrected chi connectivity index (χ3v) is 4.54. The molecule has 0 atom stereocenters. The van der Waals surface area contributed by atoms with Crippen molar-refractivity contribution in [3.8, 4) is 22.8 Å². The molecule has 7 heteroatoms. The van der Waals surface area contributed by atoms with Crippen LogP contribution in [0.2, 0.25) is 5.02 Å². The monoisotopic (exact) mass is 398 g/mol. The maximum Gasteiger partial charge on any atom is 0.267 e. The number of Topliss-reactive ketones (excluding diaryl/α,β-unsaturated/α-hetero) is 1. The van der Waals surface area contributed by atoms with Crippen LogP contribution in [0.5, 0.6) is 11.6 Å². The Hall–Kier alpha value is -3.12. The number of hydrogen-bond donors (Lipinski definition) is 0. The first-order chi connectivity index (χ1) is 13.4. The summed E-state index contributed by atoms with van der Waals surface area (Å²) in [5, 5.41) is 4.78. The predicted molar refractivity (Wildman–Crippen MR) is 108 cm³/mol. The van der Waals surface area contributed by atoms with Crippen LogP contribution in [-0.2, 0) is 6.54 Å². The van der Waals surface area contributed by atoms with Gasteiger partial charge in [-0.2, -0.15) is 0 Å². The van der Waals surface area contributed by atoms with Crippen molar-refractivity contribution in [2.45, 2.75) is 13.5 Å². The summed E-state index contributed by atoms with van der Waals surface area (Å²) in [6.45, 7) is 1.73. The van der Waals surface area contributed by atoms with E-state index in [1.165, 1.54) is 24.8 Å². The normalized spacial score (nSPS) is 10.6. The Balaban J connectivity index is 2.06. The predicted octanol–water partition coefficient (Wildman–Crippen LogP) is 3.83. The molecule has 0 saturated carbocycles. The number of methoxy groups -OCH3 is 2. The molecule has 0 amide bonds. The number of ether oxygens (including phenoxy) is 2. The number of halogens is 1. The molecule has 6 nitrogen and oxygen atoms in total. The number of hydrogen-bond acceptors (Lipinski definition) is 5. The van der Waals surface area contributed by atoms with Crippen LogP contribution >= 0.6 is 11.6 Å². The third kappa shape index (κ3) is 4.07. The fourth-order valence-electron chi connectivity index (χ4n) is 2.88. The molecule has 3 aromatic rings. The molecule has 0 aliphatic rings. The van der Waals surface area contributed by atoms with Crippen LogP contribution < -0.4 is 15.0 Å². The largest absolute Gasteiger partial charge is 0.497 e. The molecule has 0 radical (unpaired) electrons. The van der Waals surface area contributed by atoms with Crippen LogP contribution in [0.3, 0.4) is 0 Å². The van der Waals surface area contributed by atoms with Gasteiger partial charge in [0.15, 0.2) is 5.78 Å². The van der Waals surface area contributed by atoms with Gasteiger partial charge in [0.25, 0.3) is 5.56 Å². The van der Waals surface area contributed by atoms with Crippen LogP contribution in [0.4, 0.5) is 0 Å². The van der Waals surface area contributed by atoms with Gasteiger partial charge in [0.2, 0.25) is 5.88 Å². The Morgan fingerprint density at radius 1 is 1.04 bits per heavy atom. The van der Waals surface area contributed by atoms with Gasteiger partial charge in [-0.05, 0) is 48.4 Å². The lowest BCUT2D eigenvalue weighted by Gasteiger charge is -2.13. The Labute approximate surface area is 167 Å². The molecule has 1 heterocycles. The standard InChI is InChI=1S/C21H19ClN2O4/c1-13(25)17-9-6-15(22)10-18(17)19-11-20(26)24(23-21(19)28-3)12-14-4-7-16(27-2)8-5-14/h4-11H,12H2,1-3H3. The number of ketones is 1. The SMILES string of the molecule is COc1ccc(Cn2nc(OC)c(-c3cc(Cl)ccc3C(C)=O)cc2=O)cc1. The van der Waals surface area contributed by atoms with Crippen LogP contribution in [0.25, 0.3) is 11.1 Å². The summed E-state index contributed by atoms with van der Waals surface area (Å²) < 4.78 is 11.8. The summed E-state index contributed by atoms with van der Waals surface area (Å²) in [5.74, 6) is 0.823. The van der Waals surface area contributed by atoms with Crippen LogP contribution in [0.1, 0.15) is 22.8 Å². The minimum Gasteiger partial charge on any atom is -0.497 e. The highest BCUT2D eigenvalue weighted by molar-refractivity contribution is 6.31. The lowest BCUT2D eigenvalue weighted by Crippen LogP contribution is -2.23. The van der Waals surface area contributed by atoms with Gasteiger partial charge >= 0.3 is 0 Å². The average molecular weight is 399 g/mol. The molecule has 2 aromatic carbocycles. The molecule has 28 heavy (non-hydrogen) atoms. The second kappa shape index (κ2) is 8.27. The van der Waals surface area contributed by atoms with E-state index in [4.69, 9.17) is 21.1 Å². The fraction of sp³-hybridized carbons (Fsp3) is 0.190. The lowest BCUT2D eigenvalue weighted by molar-refractivity contribution is 0.101. The Bertz CT molecular complexity index is 1070. The van der Waals surface area contributed by atoms with Gasteiger partial charge in [-0.1, -0.05) is 23.7 Å². The van der Waals surface area contributed by atoms with Gasteiger partial charge < -0.3 is 9.47 Å². The molecule has 0 fully saturated rings. The highest BCUT2D eigenvalue weighted by Gasteiger charge is 2.17. The minimum absolute atomic E-state index is 0.142. The first-order valence-corrected chi connectivity index (χ1v) is 8.90. The second-order valence-electron chi connectivity index (χ2n) is 6.16. The summed E-state index contributed by atoms with van der Waals surface area (Å²) in [4.78, 5) is 24.7. The van der Waals surface area contributed by atoms with Gasteiger partial charge in [-0.15, -0.1) is 5.10 Å². The summed E-state index contributed by atoms with van der Waals surface area (Å²) in [6, 6.07) is 13.7. The smallest absolute Gasteiger partial charge is 0.267 e. The van der Waals surface area contributed by atoms with Crippen molar-refractivity contribution < 1.29 is 14.3 Å².